The van der Waals surface area contributed by atoms with E-state index in [1.54, 1.807) is 0 Å². The molecule has 1 saturated heterocycles. The molecule has 1 heterocycles. The molecule has 0 aliphatic carbocycles. The molecule has 0 amide bonds. The molecule has 0 radical (unpaired) electrons. The predicted octanol–water partition coefficient (Wildman–Crippen LogP) is 1.24. The second-order valence-corrected chi connectivity index (χ2v) is 5.33. The van der Waals surface area contributed by atoms with Crippen LogP contribution in [-0.2, 0) is 0 Å². The van der Waals surface area contributed by atoms with E-state index < -0.39 is 0 Å². The Bertz CT molecular complexity index is 172. The molecular weight excluding hydrogens is 309 g/mol. The van der Waals surface area contributed by atoms with Gasteiger partial charge < -0.3 is 4.90 Å². The summed E-state index contributed by atoms with van der Waals surface area (Å²) in [4.78, 5) is 7.45. The van der Waals surface area contributed by atoms with Crippen LogP contribution in [0.4, 0.5) is 0 Å². The topological polar surface area (TPSA) is 9.72 Å². The molecule has 1 rings (SSSR count). The van der Waals surface area contributed by atoms with Crippen LogP contribution in [0.1, 0.15) is 0 Å². The first-order valence-corrected chi connectivity index (χ1v) is 7.37. The third-order valence-electron chi connectivity index (χ3n) is 3.16. The quantitative estimate of drug-likeness (QED) is 0.749. The van der Waals surface area contributed by atoms with Gasteiger partial charge in [0.1, 0.15) is 0 Å². The maximum Gasteiger partial charge on any atom is 0.0110 e. The van der Waals surface area contributed by atoms with Crippen LogP contribution >= 0.6 is 50.1 Å². The smallest absolute Gasteiger partial charge is 0.0110 e. The lowest BCUT2D eigenvalue weighted by atomic mass is 10.4. The van der Waals surface area contributed by atoms with Crippen molar-refractivity contribution in [1.29, 1.82) is 0 Å². The zero-order valence-corrected chi connectivity index (χ0v) is 14.5. The van der Waals surface area contributed by atoms with Crippen molar-refractivity contribution >= 4 is 50.1 Å². The van der Waals surface area contributed by atoms with Crippen molar-refractivity contribution in [2.75, 3.05) is 70.9 Å². The number of hydrogen-bond donors (Lipinski definition) is 2. The highest BCUT2D eigenvalue weighted by Crippen LogP contribution is 1.99. The molecule has 3 nitrogen and oxygen atoms in total. The normalized spacial score (nSPS) is 20.2. The van der Waals surface area contributed by atoms with Gasteiger partial charge in [0.25, 0.3) is 0 Å². The highest BCUT2D eigenvalue weighted by molar-refractivity contribution is 7.80. The molecule has 1 aliphatic rings. The first-order chi connectivity index (χ1) is 7.76. The summed E-state index contributed by atoms with van der Waals surface area (Å²) >= 11 is 8.65. The third kappa shape index (κ3) is 9.13. The van der Waals surface area contributed by atoms with E-state index in [1.165, 1.54) is 39.3 Å². The van der Waals surface area contributed by atoms with Crippen molar-refractivity contribution in [3.63, 3.8) is 0 Å². The van der Waals surface area contributed by atoms with Crippen molar-refractivity contribution in [3.05, 3.63) is 0 Å². The van der Waals surface area contributed by atoms with Gasteiger partial charge in [-0.3, -0.25) is 9.80 Å². The molecule has 0 aromatic rings. The zero-order chi connectivity index (χ0) is 11.8. The number of likely N-dealkylation sites (N-methyl/N-ethyl adjacent to an activating group) is 1. The Hall–Kier alpha value is 1.16. The fourth-order valence-electron chi connectivity index (χ4n) is 1.97. The SMILES string of the molecule is CN1CCN(CCS)CCN(CCS)CC1.Cl.Cl. The molecule has 1 fully saturated rings. The van der Waals surface area contributed by atoms with E-state index in [1.807, 2.05) is 0 Å². The van der Waals surface area contributed by atoms with Crippen LogP contribution in [0.5, 0.6) is 0 Å². The Morgan fingerprint density at radius 2 is 1.06 bits per heavy atom. The lowest BCUT2D eigenvalue weighted by molar-refractivity contribution is 0.235. The summed E-state index contributed by atoms with van der Waals surface area (Å²) in [5.41, 5.74) is 0. The molecule has 112 valence electrons. The number of nitrogens with zero attached hydrogens (tertiary/aromatic N) is 3. The molecule has 0 bridgehead atoms. The van der Waals surface area contributed by atoms with Crippen LogP contribution in [-0.4, -0.2) is 85.6 Å². The molecule has 1 aliphatic heterocycles. The highest BCUT2D eigenvalue weighted by Gasteiger charge is 2.13. The van der Waals surface area contributed by atoms with Gasteiger partial charge in [-0.15, -0.1) is 24.8 Å². The maximum atomic E-state index is 4.32. The van der Waals surface area contributed by atoms with Crippen molar-refractivity contribution < 1.29 is 0 Å². The summed E-state index contributed by atoms with van der Waals surface area (Å²) in [6, 6.07) is 0. The van der Waals surface area contributed by atoms with Crippen LogP contribution in [0.3, 0.4) is 0 Å². The van der Waals surface area contributed by atoms with Crippen molar-refractivity contribution in [2.24, 2.45) is 0 Å². The number of rotatable bonds is 4. The fourth-order valence-corrected chi connectivity index (χ4v) is 2.54. The van der Waals surface area contributed by atoms with Gasteiger partial charge in [0.15, 0.2) is 0 Å². The molecule has 0 spiro atoms. The van der Waals surface area contributed by atoms with Crippen LogP contribution in [0, 0.1) is 0 Å². The molecule has 0 unspecified atom stereocenters. The molecule has 0 N–H and O–H groups in total. The average Bonchev–Trinajstić information content (AvgIpc) is 2.35. The van der Waals surface area contributed by atoms with Crippen LogP contribution < -0.4 is 0 Å². The first-order valence-electron chi connectivity index (χ1n) is 6.11. The van der Waals surface area contributed by atoms with Gasteiger partial charge in [0.05, 0.1) is 0 Å². The van der Waals surface area contributed by atoms with Gasteiger partial charge in [-0.25, -0.2) is 0 Å². The monoisotopic (exact) mass is 335 g/mol. The summed E-state index contributed by atoms with van der Waals surface area (Å²) in [6.45, 7) is 9.23. The molecule has 0 aromatic heterocycles. The summed E-state index contributed by atoms with van der Waals surface area (Å²) in [7, 11) is 2.21. The Morgan fingerprint density at radius 1 is 0.722 bits per heavy atom. The fraction of sp³-hybridized carbons (Fsp3) is 1.00. The van der Waals surface area contributed by atoms with Crippen LogP contribution in [0.2, 0.25) is 0 Å². The van der Waals surface area contributed by atoms with E-state index in [0.29, 0.717) is 0 Å². The van der Waals surface area contributed by atoms with E-state index in [4.69, 9.17) is 0 Å². The molecule has 18 heavy (non-hydrogen) atoms. The van der Waals surface area contributed by atoms with Gasteiger partial charge in [0, 0.05) is 63.9 Å². The highest BCUT2D eigenvalue weighted by atomic mass is 35.5. The third-order valence-corrected chi connectivity index (χ3v) is 3.56. The molecule has 0 atom stereocenters. The van der Waals surface area contributed by atoms with E-state index in [0.717, 1.165) is 24.6 Å². The number of hydrogen-bond acceptors (Lipinski definition) is 5. The van der Waals surface area contributed by atoms with Crippen molar-refractivity contribution in [3.8, 4) is 0 Å². The van der Waals surface area contributed by atoms with Gasteiger partial charge in [-0.05, 0) is 7.05 Å². The minimum absolute atomic E-state index is 0. The Kier molecular flexibility index (Phi) is 15.7. The average molecular weight is 336 g/mol. The van der Waals surface area contributed by atoms with Gasteiger partial charge in [-0.2, -0.15) is 25.3 Å². The van der Waals surface area contributed by atoms with Crippen molar-refractivity contribution in [1.82, 2.24) is 14.7 Å². The van der Waals surface area contributed by atoms with E-state index in [9.17, 15) is 0 Å². The minimum atomic E-state index is 0. The molecular formula is C11H27Cl2N3S2. The molecule has 0 aromatic carbocycles. The number of halogens is 2. The largest absolute Gasteiger partial charge is 0.304 e. The van der Waals surface area contributed by atoms with E-state index in [-0.39, 0.29) is 24.8 Å². The first kappa shape index (κ1) is 21.5. The Balaban J connectivity index is 0. The summed E-state index contributed by atoms with van der Waals surface area (Å²) in [6.07, 6.45) is 0. The minimum Gasteiger partial charge on any atom is -0.304 e. The second-order valence-electron chi connectivity index (χ2n) is 4.43. The van der Waals surface area contributed by atoms with E-state index in [2.05, 4.69) is 47.0 Å². The van der Waals surface area contributed by atoms with Crippen LogP contribution in [0.25, 0.3) is 0 Å². The predicted molar refractivity (Wildman–Crippen MR) is 92.6 cm³/mol. The van der Waals surface area contributed by atoms with Gasteiger partial charge in [-0.1, -0.05) is 0 Å². The number of thiol groups is 2. The Morgan fingerprint density at radius 3 is 1.39 bits per heavy atom. The lowest BCUT2D eigenvalue weighted by Gasteiger charge is -2.24. The lowest BCUT2D eigenvalue weighted by Crippen LogP contribution is -2.37. The zero-order valence-electron chi connectivity index (χ0n) is 11.1. The Labute approximate surface area is 135 Å². The summed E-state index contributed by atoms with van der Waals surface area (Å²) < 4.78 is 0. The van der Waals surface area contributed by atoms with Gasteiger partial charge in [0.2, 0.25) is 0 Å². The maximum absolute atomic E-state index is 4.32. The standard InChI is InChI=1S/C11H25N3S2.2ClH/c1-12-2-4-13(8-10-15)6-7-14(5-3-12)9-11-16;;/h15-16H,2-11H2,1H3;2*1H. The summed E-state index contributed by atoms with van der Waals surface area (Å²) in [5.74, 6) is 1.91. The molecule has 0 saturated carbocycles. The van der Waals surface area contributed by atoms with Crippen LogP contribution in [0.15, 0.2) is 0 Å². The second kappa shape index (κ2) is 13.2. The van der Waals surface area contributed by atoms with Crippen molar-refractivity contribution in [2.45, 2.75) is 0 Å². The van der Waals surface area contributed by atoms with Gasteiger partial charge >= 0.3 is 0 Å². The summed E-state index contributed by atoms with van der Waals surface area (Å²) in [5, 5.41) is 0. The van der Waals surface area contributed by atoms with E-state index >= 15 is 0 Å². The molecule has 7 heteroatoms.